The SMILES string of the molecule is C=CCNc1c([N+](=O)[O-])cc(C(=O)OC)c(Cc2ccc(I)cc2F)c1F. The molecule has 142 valence electrons. The van der Waals surface area contributed by atoms with Gasteiger partial charge in [0, 0.05) is 28.2 Å². The highest BCUT2D eigenvalue weighted by molar-refractivity contribution is 14.1. The van der Waals surface area contributed by atoms with Gasteiger partial charge in [-0.25, -0.2) is 13.6 Å². The summed E-state index contributed by atoms with van der Waals surface area (Å²) in [6, 6.07) is 5.31. The summed E-state index contributed by atoms with van der Waals surface area (Å²) in [6.45, 7) is 3.53. The second-order valence-corrected chi connectivity index (χ2v) is 6.69. The molecule has 2 rings (SSSR count). The van der Waals surface area contributed by atoms with Crippen molar-refractivity contribution in [3.8, 4) is 0 Å². The Kier molecular flexibility index (Phi) is 6.83. The van der Waals surface area contributed by atoms with Gasteiger partial charge in [-0.15, -0.1) is 6.58 Å². The standard InChI is InChI=1S/C18H15F2IN2O4/c1-3-6-22-17-15(23(25)26)9-13(18(24)27-2)12(16(17)20)7-10-4-5-11(21)8-14(10)19/h3-5,8-9,22H,1,6-7H2,2H3. The second-order valence-electron chi connectivity index (χ2n) is 5.44. The predicted molar refractivity (Wildman–Crippen MR) is 105 cm³/mol. The molecule has 2 aromatic rings. The molecule has 0 unspecified atom stereocenters. The van der Waals surface area contributed by atoms with Gasteiger partial charge in [0.2, 0.25) is 0 Å². The third-order valence-electron chi connectivity index (χ3n) is 3.75. The van der Waals surface area contributed by atoms with Crippen molar-refractivity contribution in [3.63, 3.8) is 0 Å². The first kappa shape index (κ1) is 20.7. The maximum atomic E-state index is 15.1. The number of methoxy groups -OCH3 is 1. The number of nitrogens with zero attached hydrogens (tertiary/aromatic N) is 1. The minimum Gasteiger partial charge on any atom is -0.465 e. The lowest BCUT2D eigenvalue weighted by molar-refractivity contribution is -0.384. The Balaban J connectivity index is 2.69. The van der Waals surface area contributed by atoms with E-state index in [-0.39, 0.29) is 29.7 Å². The van der Waals surface area contributed by atoms with Gasteiger partial charge >= 0.3 is 5.97 Å². The summed E-state index contributed by atoms with van der Waals surface area (Å²) in [5.74, 6) is -2.53. The minimum absolute atomic E-state index is 0.0622. The number of anilines is 1. The highest BCUT2D eigenvalue weighted by Gasteiger charge is 2.28. The Hall–Kier alpha value is -2.56. The Morgan fingerprint density at radius 1 is 1.41 bits per heavy atom. The maximum absolute atomic E-state index is 15.1. The van der Waals surface area contributed by atoms with Crippen molar-refractivity contribution < 1.29 is 23.2 Å². The fourth-order valence-corrected chi connectivity index (χ4v) is 2.94. The van der Waals surface area contributed by atoms with Crippen molar-refractivity contribution in [2.45, 2.75) is 6.42 Å². The Labute approximate surface area is 167 Å². The summed E-state index contributed by atoms with van der Waals surface area (Å²) >= 11 is 1.93. The van der Waals surface area contributed by atoms with E-state index < -0.39 is 33.9 Å². The lowest BCUT2D eigenvalue weighted by Crippen LogP contribution is -2.14. The van der Waals surface area contributed by atoms with Gasteiger partial charge in [0.1, 0.15) is 11.5 Å². The van der Waals surface area contributed by atoms with Gasteiger partial charge in [0.15, 0.2) is 5.82 Å². The summed E-state index contributed by atoms with van der Waals surface area (Å²) in [6.07, 6.45) is 1.12. The molecule has 0 saturated carbocycles. The zero-order chi connectivity index (χ0) is 20.1. The Morgan fingerprint density at radius 3 is 2.67 bits per heavy atom. The van der Waals surface area contributed by atoms with Crippen LogP contribution in [0.2, 0.25) is 0 Å². The number of halogens is 3. The summed E-state index contributed by atoms with van der Waals surface area (Å²) < 4.78 is 34.6. The number of hydrogen-bond acceptors (Lipinski definition) is 5. The molecule has 6 nitrogen and oxygen atoms in total. The zero-order valence-electron chi connectivity index (χ0n) is 14.2. The number of carbonyl (C=O) groups is 1. The highest BCUT2D eigenvalue weighted by atomic mass is 127. The quantitative estimate of drug-likeness (QED) is 0.205. The van der Waals surface area contributed by atoms with E-state index in [1.807, 2.05) is 22.6 Å². The monoisotopic (exact) mass is 488 g/mol. The van der Waals surface area contributed by atoms with Crippen molar-refractivity contribution >= 4 is 39.9 Å². The molecule has 0 aliphatic rings. The molecule has 9 heteroatoms. The lowest BCUT2D eigenvalue weighted by atomic mass is 9.96. The molecule has 0 aromatic heterocycles. The molecule has 0 aliphatic heterocycles. The molecule has 0 atom stereocenters. The number of carbonyl (C=O) groups excluding carboxylic acids is 1. The van der Waals surface area contributed by atoms with Crippen molar-refractivity contribution in [1.29, 1.82) is 0 Å². The van der Waals surface area contributed by atoms with Gasteiger partial charge in [0.25, 0.3) is 5.69 Å². The van der Waals surface area contributed by atoms with E-state index in [0.29, 0.717) is 3.57 Å². The van der Waals surface area contributed by atoms with E-state index in [1.54, 1.807) is 6.07 Å². The van der Waals surface area contributed by atoms with Gasteiger partial charge in [-0.2, -0.15) is 0 Å². The molecule has 2 aromatic carbocycles. The molecular weight excluding hydrogens is 473 g/mol. The van der Waals surface area contributed by atoms with Crippen LogP contribution in [0.5, 0.6) is 0 Å². The molecule has 27 heavy (non-hydrogen) atoms. The van der Waals surface area contributed by atoms with Crippen LogP contribution in [0.1, 0.15) is 21.5 Å². The third kappa shape index (κ3) is 4.59. The van der Waals surface area contributed by atoms with Gasteiger partial charge in [-0.3, -0.25) is 10.1 Å². The maximum Gasteiger partial charge on any atom is 0.338 e. The largest absolute Gasteiger partial charge is 0.465 e. The molecule has 0 heterocycles. The number of nitro groups is 1. The van der Waals surface area contributed by atoms with Crippen LogP contribution in [0.3, 0.4) is 0 Å². The number of rotatable bonds is 7. The molecule has 0 aliphatic carbocycles. The molecule has 0 amide bonds. The van der Waals surface area contributed by atoms with E-state index in [4.69, 9.17) is 0 Å². The molecule has 0 spiro atoms. The smallest absolute Gasteiger partial charge is 0.338 e. The van der Waals surface area contributed by atoms with Crippen molar-refractivity contribution in [2.24, 2.45) is 0 Å². The summed E-state index contributed by atoms with van der Waals surface area (Å²) in [4.78, 5) is 22.6. The fourth-order valence-electron chi connectivity index (χ4n) is 2.48. The molecule has 0 bridgehead atoms. The van der Waals surface area contributed by atoms with Gasteiger partial charge in [-0.1, -0.05) is 12.1 Å². The topological polar surface area (TPSA) is 81.5 Å². The van der Waals surface area contributed by atoms with E-state index in [2.05, 4.69) is 16.6 Å². The van der Waals surface area contributed by atoms with Crippen molar-refractivity contribution in [1.82, 2.24) is 0 Å². The number of hydrogen-bond donors (Lipinski definition) is 1. The van der Waals surface area contributed by atoms with E-state index in [0.717, 1.165) is 13.2 Å². The van der Waals surface area contributed by atoms with Crippen LogP contribution >= 0.6 is 22.6 Å². The van der Waals surface area contributed by atoms with Gasteiger partial charge in [-0.05, 0) is 40.3 Å². The van der Waals surface area contributed by atoms with Crippen LogP contribution in [0.25, 0.3) is 0 Å². The predicted octanol–water partition coefficient (Wildman–Crippen LogP) is 4.45. The molecular formula is C18H15F2IN2O4. The molecule has 0 radical (unpaired) electrons. The van der Waals surface area contributed by atoms with Crippen LogP contribution in [-0.2, 0) is 11.2 Å². The van der Waals surface area contributed by atoms with E-state index >= 15 is 4.39 Å². The lowest BCUT2D eigenvalue weighted by Gasteiger charge is -2.15. The minimum atomic E-state index is -1.01. The van der Waals surface area contributed by atoms with E-state index in [1.165, 1.54) is 18.2 Å². The molecule has 1 N–H and O–H groups in total. The number of benzene rings is 2. The second kappa shape index (κ2) is 8.89. The number of nitro benzene ring substituents is 1. The van der Waals surface area contributed by atoms with Gasteiger partial charge in [0.05, 0.1) is 17.6 Å². The first-order valence-corrected chi connectivity index (χ1v) is 8.74. The highest BCUT2D eigenvalue weighted by Crippen LogP contribution is 2.34. The fraction of sp³-hybridized carbons (Fsp3) is 0.167. The van der Waals surface area contributed by atoms with Gasteiger partial charge < -0.3 is 10.1 Å². The first-order valence-electron chi connectivity index (χ1n) is 7.66. The Bertz CT molecular complexity index is 919. The summed E-state index contributed by atoms with van der Waals surface area (Å²) in [5.41, 5.74) is -1.40. The average Bonchev–Trinajstić information content (AvgIpc) is 2.63. The normalized spacial score (nSPS) is 10.4. The third-order valence-corrected chi connectivity index (χ3v) is 4.43. The first-order chi connectivity index (χ1) is 12.8. The van der Waals surface area contributed by atoms with Crippen molar-refractivity contribution in [2.75, 3.05) is 19.0 Å². The van der Waals surface area contributed by atoms with E-state index in [9.17, 15) is 19.3 Å². The van der Waals surface area contributed by atoms with Crippen LogP contribution in [0, 0.1) is 25.3 Å². The molecule has 0 fully saturated rings. The zero-order valence-corrected chi connectivity index (χ0v) is 16.4. The average molecular weight is 488 g/mol. The number of ether oxygens (including phenoxy) is 1. The summed E-state index contributed by atoms with van der Waals surface area (Å²) in [5, 5.41) is 13.9. The summed E-state index contributed by atoms with van der Waals surface area (Å²) in [7, 11) is 1.07. The molecule has 0 saturated heterocycles. The number of esters is 1. The number of nitrogens with one attached hydrogen (secondary N) is 1. The van der Waals surface area contributed by atoms with Crippen LogP contribution in [-0.4, -0.2) is 24.5 Å². The Morgan fingerprint density at radius 2 is 2.11 bits per heavy atom. The van der Waals surface area contributed by atoms with Crippen LogP contribution in [0.15, 0.2) is 36.9 Å². The van der Waals surface area contributed by atoms with Crippen LogP contribution < -0.4 is 5.32 Å². The van der Waals surface area contributed by atoms with Crippen LogP contribution in [0.4, 0.5) is 20.2 Å². The van der Waals surface area contributed by atoms with Crippen molar-refractivity contribution in [3.05, 3.63) is 78.9 Å².